The van der Waals surface area contributed by atoms with Crippen LogP contribution in [-0.2, 0) is 19.1 Å². The predicted molar refractivity (Wildman–Crippen MR) is 180 cm³/mol. The molecule has 1 aromatic heterocycles. The number of nitrogens with one attached hydrogen (secondary N) is 2. The molecule has 2 aliphatic heterocycles. The summed E-state index contributed by atoms with van der Waals surface area (Å²) in [6.45, 7) is 5.32. The Morgan fingerprint density at radius 1 is 0.939 bits per heavy atom. The lowest BCUT2D eigenvalue weighted by atomic mass is 10.0. The van der Waals surface area contributed by atoms with Crippen molar-refractivity contribution in [3.05, 3.63) is 54.6 Å². The minimum absolute atomic E-state index is 0.0790. The molecule has 0 radical (unpaired) electrons. The molecular weight excluding hydrogens is 626 g/mol. The second kappa shape index (κ2) is 14.0. The summed E-state index contributed by atoms with van der Waals surface area (Å²) < 4.78 is 5.48. The highest BCUT2D eigenvalue weighted by Gasteiger charge is 2.62. The van der Waals surface area contributed by atoms with E-state index < -0.39 is 53.1 Å². The van der Waals surface area contributed by atoms with E-state index in [2.05, 4.69) is 26.0 Å². The Hall–Kier alpha value is -4.81. The summed E-state index contributed by atoms with van der Waals surface area (Å²) in [5, 5.41) is 29.0. The molecule has 3 aliphatic rings. The Balaban J connectivity index is 1.26. The molecule has 49 heavy (non-hydrogen) atoms. The van der Waals surface area contributed by atoms with Crippen molar-refractivity contribution in [1.82, 2.24) is 35.7 Å². The van der Waals surface area contributed by atoms with Crippen LogP contribution in [0.25, 0.3) is 22.5 Å². The number of aromatic nitrogens is 4. The van der Waals surface area contributed by atoms with Gasteiger partial charge in [-0.15, -0.1) is 10.2 Å². The summed E-state index contributed by atoms with van der Waals surface area (Å²) in [5.74, 6) is -1.79. The number of carbonyl (C=O) groups is 4. The number of tetrazole rings is 1. The maximum Gasteiger partial charge on any atom is 0.408 e. The molecule has 1 aliphatic carbocycles. The zero-order valence-electron chi connectivity index (χ0n) is 28.3. The first-order valence-electron chi connectivity index (χ1n) is 17.2. The molecule has 0 bridgehead atoms. The third-order valence-corrected chi connectivity index (χ3v) is 9.74. The van der Waals surface area contributed by atoms with Gasteiger partial charge in [0.05, 0.1) is 6.04 Å². The van der Waals surface area contributed by atoms with Crippen LogP contribution in [0.3, 0.4) is 0 Å². The number of rotatable bonds is 5. The van der Waals surface area contributed by atoms with Crippen LogP contribution >= 0.6 is 0 Å². The van der Waals surface area contributed by atoms with E-state index in [9.17, 15) is 24.3 Å². The van der Waals surface area contributed by atoms with Crippen molar-refractivity contribution in [3.8, 4) is 22.5 Å². The number of nitrogens with zero attached hydrogens (tertiary/aromatic N) is 5. The normalized spacial score (nSPS) is 26.4. The molecule has 13 nitrogen and oxygen atoms in total. The first-order valence-corrected chi connectivity index (χ1v) is 17.2. The van der Waals surface area contributed by atoms with Crippen LogP contribution in [0.4, 0.5) is 4.79 Å². The smallest absolute Gasteiger partial charge is 0.408 e. The van der Waals surface area contributed by atoms with Gasteiger partial charge >= 0.3 is 12.1 Å². The minimum atomic E-state index is -1.34. The van der Waals surface area contributed by atoms with Gasteiger partial charge in [0.15, 0.2) is 0 Å². The van der Waals surface area contributed by atoms with Crippen LogP contribution in [-0.4, -0.2) is 83.9 Å². The fraction of sp³-hybridized carbons (Fsp3) is 0.528. The van der Waals surface area contributed by atoms with Crippen LogP contribution in [0.2, 0.25) is 0 Å². The summed E-state index contributed by atoms with van der Waals surface area (Å²) in [7, 11) is 0. The standard InChI is InChI=1S/C36H45N7O6/c1-35(2,3)49-34(48)37-28-15-11-6-4-5-10-14-26-21-36(26,33(46)47)38-31(44)29-20-27(22-42(29)32(28)45)43-40-30(39-41-43)25-18-16-24(17-19-25)23-12-8-7-9-13-23/h7-9,12-13,16-19,26-29H,4-6,10-11,14-15,20-22H2,1-3H3,(H,37,48)(H,38,44)(H,46,47)/t26-,27+,28-,29+,36+/m1/s1. The number of fused-ring (bicyclic) bond motifs is 2. The average Bonchev–Trinajstić information content (AvgIpc) is 3.38. The summed E-state index contributed by atoms with van der Waals surface area (Å²) in [6, 6.07) is 15.4. The number of carboxylic acid groups (broad SMARTS) is 1. The van der Waals surface area contributed by atoms with E-state index in [1.807, 2.05) is 54.6 Å². The van der Waals surface area contributed by atoms with E-state index in [0.29, 0.717) is 31.5 Å². The summed E-state index contributed by atoms with van der Waals surface area (Å²) in [5.41, 5.74) is 0.788. The number of alkyl carbamates (subject to hydrolysis) is 1. The molecule has 2 saturated heterocycles. The van der Waals surface area contributed by atoms with Crippen molar-refractivity contribution in [2.75, 3.05) is 6.54 Å². The van der Waals surface area contributed by atoms with Crippen LogP contribution < -0.4 is 10.6 Å². The number of hydrogen-bond donors (Lipinski definition) is 3. The number of carbonyl (C=O) groups excluding carboxylic acids is 3. The fourth-order valence-corrected chi connectivity index (χ4v) is 7.04. The topological polar surface area (TPSA) is 169 Å². The van der Waals surface area contributed by atoms with Gasteiger partial charge in [-0.3, -0.25) is 9.59 Å². The Morgan fingerprint density at radius 3 is 2.29 bits per heavy atom. The van der Waals surface area contributed by atoms with Gasteiger partial charge in [0.1, 0.15) is 23.2 Å². The molecule has 1 saturated carbocycles. The van der Waals surface area contributed by atoms with Gasteiger partial charge in [-0.1, -0.05) is 86.7 Å². The number of amides is 3. The third kappa shape index (κ3) is 7.76. The lowest BCUT2D eigenvalue weighted by Crippen LogP contribution is -2.56. The molecular formula is C36H45N7O6. The van der Waals surface area contributed by atoms with Gasteiger partial charge in [0, 0.05) is 18.5 Å². The molecule has 3 amide bonds. The lowest BCUT2D eigenvalue weighted by Gasteiger charge is -2.30. The molecule has 3 aromatic rings. The largest absolute Gasteiger partial charge is 0.479 e. The highest BCUT2D eigenvalue weighted by Crippen LogP contribution is 2.47. The van der Waals surface area contributed by atoms with Crippen molar-refractivity contribution in [1.29, 1.82) is 0 Å². The molecule has 3 heterocycles. The predicted octanol–water partition coefficient (Wildman–Crippen LogP) is 4.75. The van der Waals surface area contributed by atoms with Gasteiger partial charge < -0.3 is 25.4 Å². The number of benzene rings is 2. The third-order valence-electron chi connectivity index (χ3n) is 9.74. The second-order valence-electron chi connectivity index (χ2n) is 14.5. The zero-order chi connectivity index (χ0) is 34.8. The quantitative estimate of drug-likeness (QED) is 0.347. The van der Waals surface area contributed by atoms with E-state index in [0.717, 1.165) is 42.4 Å². The van der Waals surface area contributed by atoms with Gasteiger partial charge in [0.25, 0.3) is 0 Å². The SMILES string of the molecule is CC(C)(C)OC(=O)N[C@@H]1CCCCCCC[C@@H]2C[C@]2(C(=O)O)NC(=O)[C@@H]2C[C@H](n3nnc(-c4ccc(-c5ccccc5)cc4)n3)CN2C1=O. The zero-order valence-corrected chi connectivity index (χ0v) is 28.3. The number of ether oxygens (including phenoxy) is 1. The van der Waals surface area contributed by atoms with Crippen LogP contribution in [0, 0.1) is 5.92 Å². The van der Waals surface area contributed by atoms with Crippen molar-refractivity contribution in [2.24, 2.45) is 5.92 Å². The van der Waals surface area contributed by atoms with E-state index in [1.54, 1.807) is 20.8 Å². The molecule has 6 rings (SSSR count). The maximum absolute atomic E-state index is 14.3. The monoisotopic (exact) mass is 671 g/mol. The van der Waals surface area contributed by atoms with Crippen molar-refractivity contribution < 1.29 is 29.0 Å². The maximum atomic E-state index is 14.3. The van der Waals surface area contributed by atoms with E-state index >= 15 is 0 Å². The number of aliphatic carboxylic acids is 1. The Labute approximate surface area is 285 Å². The Morgan fingerprint density at radius 2 is 1.59 bits per heavy atom. The van der Waals surface area contributed by atoms with Crippen LogP contribution in [0.1, 0.15) is 84.6 Å². The van der Waals surface area contributed by atoms with E-state index in [1.165, 1.54) is 9.70 Å². The molecule has 0 spiro atoms. The molecule has 5 atom stereocenters. The van der Waals surface area contributed by atoms with E-state index in [4.69, 9.17) is 4.74 Å². The highest BCUT2D eigenvalue weighted by molar-refractivity contribution is 5.96. The van der Waals surface area contributed by atoms with Gasteiger partial charge in [-0.25, -0.2) is 9.59 Å². The Kier molecular flexibility index (Phi) is 9.71. The van der Waals surface area contributed by atoms with E-state index in [-0.39, 0.29) is 18.9 Å². The van der Waals surface area contributed by atoms with Gasteiger partial charge in [0.2, 0.25) is 17.6 Å². The summed E-state index contributed by atoms with van der Waals surface area (Å²) in [6.07, 6.45) is 5.15. The lowest BCUT2D eigenvalue weighted by molar-refractivity contribution is -0.146. The highest BCUT2D eigenvalue weighted by atomic mass is 16.6. The summed E-state index contributed by atoms with van der Waals surface area (Å²) >= 11 is 0. The number of carboxylic acids is 1. The molecule has 0 unspecified atom stereocenters. The first-order chi connectivity index (χ1) is 23.4. The molecule has 3 N–H and O–H groups in total. The van der Waals surface area contributed by atoms with Gasteiger partial charge in [-0.05, 0) is 62.3 Å². The van der Waals surface area contributed by atoms with Crippen LogP contribution in [0.15, 0.2) is 54.6 Å². The van der Waals surface area contributed by atoms with Crippen molar-refractivity contribution in [2.45, 2.75) is 108 Å². The van der Waals surface area contributed by atoms with Crippen molar-refractivity contribution >= 4 is 23.9 Å². The minimum Gasteiger partial charge on any atom is -0.479 e. The molecule has 3 fully saturated rings. The molecule has 13 heteroatoms. The average molecular weight is 672 g/mol. The first kappa shape index (κ1) is 34.1. The van der Waals surface area contributed by atoms with Crippen LogP contribution in [0.5, 0.6) is 0 Å². The molecule has 2 aromatic carbocycles. The second-order valence-corrected chi connectivity index (χ2v) is 14.5. The Bertz CT molecular complexity index is 1670. The fourth-order valence-electron chi connectivity index (χ4n) is 7.04. The van der Waals surface area contributed by atoms with Crippen molar-refractivity contribution in [3.63, 3.8) is 0 Å². The number of hydrogen-bond acceptors (Lipinski definition) is 8. The summed E-state index contributed by atoms with van der Waals surface area (Å²) in [4.78, 5) is 56.4. The molecule has 260 valence electrons. The van der Waals surface area contributed by atoms with Gasteiger partial charge in [-0.2, -0.15) is 4.80 Å².